The Labute approximate surface area is 169 Å². The minimum atomic E-state index is -0.824. The molecule has 9 nitrogen and oxygen atoms in total. The second kappa shape index (κ2) is 13.8. The number of hydrogen-bond donors (Lipinski definition) is 5. The lowest BCUT2D eigenvalue weighted by molar-refractivity contribution is -0.284. The lowest BCUT2D eigenvalue weighted by atomic mass is 10.1. The van der Waals surface area contributed by atoms with Gasteiger partial charge in [0.05, 0.1) is 0 Å². The van der Waals surface area contributed by atoms with Crippen molar-refractivity contribution in [2.45, 2.75) is 38.8 Å². The Balaban J connectivity index is 2.42. The fourth-order valence-electron chi connectivity index (χ4n) is 2.29. The maximum atomic E-state index is 11.9. The molecule has 1 aromatic carbocycles. The molecule has 0 fully saturated rings. The number of anilines is 1. The van der Waals surface area contributed by atoms with Gasteiger partial charge in [-0.05, 0) is 29.9 Å². The standard InChI is InChI=1S/C18H29N5O4S/c1-2-28-11-9-16(25)23-17(27-26)12-13-5-7-14(8-6-13)22-15(24)4-3-10-21-18(19)20/h5-8,17,26H,2-4,9-12H2,1H3,(H,22,24)(H,23,25)(H4,19,20,21). The summed E-state index contributed by atoms with van der Waals surface area (Å²) in [5.41, 5.74) is 11.9. The van der Waals surface area contributed by atoms with Crippen molar-refractivity contribution >= 4 is 35.2 Å². The van der Waals surface area contributed by atoms with Crippen molar-refractivity contribution in [1.29, 1.82) is 0 Å². The van der Waals surface area contributed by atoms with Gasteiger partial charge in [-0.2, -0.15) is 11.8 Å². The summed E-state index contributed by atoms with van der Waals surface area (Å²) in [6, 6.07) is 7.08. The maximum Gasteiger partial charge on any atom is 0.224 e. The summed E-state index contributed by atoms with van der Waals surface area (Å²) in [6.07, 6.45) is 0.701. The molecule has 2 amide bonds. The summed E-state index contributed by atoms with van der Waals surface area (Å²) in [7, 11) is 0. The number of carbonyl (C=O) groups excluding carboxylic acids is 2. The lowest BCUT2D eigenvalue weighted by Crippen LogP contribution is -2.38. The van der Waals surface area contributed by atoms with E-state index in [-0.39, 0.29) is 17.8 Å². The fraction of sp³-hybridized carbons (Fsp3) is 0.500. The van der Waals surface area contributed by atoms with E-state index < -0.39 is 6.23 Å². The predicted octanol–water partition coefficient (Wildman–Crippen LogP) is 1.30. The molecule has 1 rings (SSSR count). The van der Waals surface area contributed by atoms with Gasteiger partial charge in [0, 0.05) is 37.2 Å². The third-order valence-corrected chi connectivity index (χ3v) is 4.54. The Kier molecular flexibility index (Phi) is 11.7. The molecule has 7 N–H and O–H groups in total. The Bertz CT molecular complexity index is 635. The molecule has 1 atom stereocenters. The van der Waals surface area contributed by atoms with E-state index in [4.69, 9.17) is 16.7 Å². The number of carbonyl (C=O) groups is 2. The van der Waals surface area contributed by atoms with Crippen LogP contribution in [0.2, 0.25) is 0 Å². The van der Waals surface area contributed by atoms with Crippen molar-refractivity contribution in [2.75, 3.05) is 23.4 Å². The quantitative estimate of drug-likeness (QED) is 0.0819. The van der Waals surface area contributed by atoms with Gasteiger partial charge in [-0.15, -0.1) is 0 Å². The smallest absolute Gasteiger partial charge is 0.224 e. The van der Waals surface area contributed by atoms with Gasteiger partial charge in [0.15, 0.2) is 12.2 Å². The number of aliphatic imine (C=N–C) groups is 1. The van der Waals surface area contributed by atoms with Crippen molar-refractivity contribution in [1.82, 2.24) is 5.32 Å². The number of rotatable bonds is 13. The van der Waals surface area contributed by atoms with Gasteiger partial charge in [0.25, 0.3) is 0 Å². The van der Waals surface area contributed by atoms with Gasteiger partial charge in [0.1, 0.15) is 0 Å². The van der Waals surface area contributed by atoms with E-state index in [1.165, 1.54) is 0 Å². The Morgan fingerprint density at radius 2 is 1.93 bits per heavy atom. The topological polar surface area (TPSA) is 152 Å². The van der Waals surface area contributed by atoms with E-state index in [9.17, 15) is 9.59 Å². The number of nitrogens with two attached hydrogens (primary N) is 2. The van der Waals surface area contributed by atoms with Crippen molar-refractivity contribution in [3.63, 3.8) is 0 Å². The van der Waals surface area contributed by atoms with Crippen LogP contribution in [0.5, 0.6) is 0 Å². The van der Waals surface area contributed by atoms with E-state index in [0.717, 1.165) is 17.1 Å². The van der Waals surface area contributed by atoms with Gasteiger partial charge in [-0.25, -0.2) is 10.1 Å². The molecule has 10 heteroatoms. The molecule has 0 spiro atoms. The zero-order valence-corrected chi connectivity index (χ0v) is 16.8. The van der Waals surface area contributed by atoms with Gasteiger partial charge < -0.3 is 22.1 Å². The van der Waals surface area contributed by atoms with Gasteiger partial charge >= 0.3 is 0 Å². The number of amides is 2. The van der Waals surface area contributed by atoms with E-state index in [0.29, 0.717) is 37.9 Å². The number of benzene rings is 1. The number of guanidine groups is 1. The molecular formula is C18H29N5O4S. The third-order valence-electron chi connectivity index (χ3n) is 3.64. The summed E-state index contributed by atoms with van der Waals surface area (Å²) in [4.78, 5) is 31.9. The molecule has 0 aromatic heterocycles. The maximum absolute atomic E-state index is 11.9. The Morgan fingerprint density at radius 3 is 2.54 bits per heavy atom. The molecule has 0 aliphatic carbocycles. The number of nitrogens with zero attached hydrogens (tertiary/aromatic N) is 1. The normalized spacial score (nSPS) is 11.5. The number of nitrogens with one attached hydrogen (secondary N) is 2. The second-order valence-corrected chi connectivity index (χ2v) is 7.36. The summed E-state index contributed by atoms with van der Waals surface area (Å²) in [6.45, 7) is 2.43. The van der Waals surface area contributed by atoms with Crippen LogP contribution in [0.25, 0.3) is 0 Å². The van der Waals surface area contributed by atoms with Crippen LogP contribution in [-0.2, 0) is 20.9 Å². The molecule has 0 aliphatic rings. The summed E-state index contributed by atoms with van der Waals surface area (Å²) >= 11 is 1.67. The van der Waals surface area contributed by atoms with Crippen LogP contribution in [0.4, 0.5) is 5.69 Å². The van der Waals surface area contributed by atoms with Gasteiger partial charge in [0.2, 0.25) is 11.8 Å². The molecule has 0 heterocycles. The number of thioether (sulfide) groups is 1. The van der Waals surface area contributed by atoms with E-state index in [1.807, 2.05) is 6.92 Å². The fourth-order valence-corrected chi connectivity index (χ4v) is 2.90. The van der Waals surface area contributed by atoms with Crippen LogP contribution in [0.15, 0.2) is 29.3 Å². The first kappa shape index (κ1) is 23.7. The minimum Gasteiger partial charge on any atom is -0.370 e. The zero-order chi connectivity index (χ0) is 20.8. The van der Waals surface area contributed by atoms with E-state index >= 15 is 0 Å². The lowest BCUT2D eigenvalue weighted by Gasteiger charge is -2.15. The summed E-state index contributed by atoms with van der Waals surface area (Å²) in [5, 5.41) is 14.4. The molecule has 0 aliphatic heterocycles. The van der Waals surface area contributed by atoms with Crippen LogP contribution >= 0.6 is 11.8 Å². The van der Waals surface area contributed by atoms with Crippen LogP contribution in [-0.4, -0.2) is 47.3 Å². The molecule has 0 saturated carbocycles. The second-order valence-electron chi connectivity index (χ2n) is 5.97. The highest BCUT2D eigenvalue weighted by Crippen LogP contribution is 2.12. The van der Waals surface area contributed by atoms with E-state index in [1.54, 1.807) is 36.0 Å². The average Bonchev–Trinajstić information content (AvgIpc) is 2.66. The summed E-state index contributed by atoms with van der Waals surface area (Å²) < 4.78 is 0. The number of hydrogen-bond acceptors (Lipinski definition) is 6. The zero-order valence-electron chi connectivity index (χ0n) is 16.0. The molecule has 0 radical (unpaired) electrons. The highest BCUT2D eigenvalue weighted by molar-refractivity contribution is 7.99. The highest BCUT2D eigenvalue weighted by Gasteiger charge is 2.13. The van der Waals surface area contributed by atoms with Gasteiger partial charge in [-0.1, -0.05) is 19.1 Å². The molecule has 156 valence electrons. The largest absolute Gasteiger partial charge is 0.370 e. The van der Waals surface area contributed by atoms with Crippen LogP contribution < -0.4 is 22.1 Å². The third kappa shape index (κ3) is 10.8. The van der Waals surface area contributed by atoms with Crippen molar-refractivity contribution in [3.8, 4) is 0 Å². The molecular weight excluding hydrogens is 382 g/mol. The first-order valence-electron chi connectivity index (χ1n) is 9.06. The van der Waals surface area contributed by atoms with Crippen molar-refractivity contribution < 1.29 is 19.7 Å². The first-order valence-corrected chi connectivity index (χ1v) is 10.2. The average molecular weight is 412 g/mol. The molecule has 1 aromatic rings. The minimum absolute atomic E-state index is 0.0113. The highest BCUT2D eigenvalue weighted by atomic mass is 32.2. The van der Waals surface area contributed by atoms with E-state index in [2.05, 4.69) is 20.5 Å². The summed E-state index contributed by atoms with van der Waals surface area (Å²) in [5.74, 6) is 1.38. The molecule has 1 unspecified atom stereocenters. The first-order chi connectivity index (χ1) is 13.4. The SMILES string of the molecule is CCSCCC(=O)NC(Cc1ccc(NC(=O)CCCN=C(N)N)cc1)OO. The predicted molar refractivity (Wildman–Crippen MR) is 112 cm³/mol. The molecule has 0 saturated heterocycles. The van der Waals surface area contributed by atoms with Crippen molar-refractivity contribution in [3.05, 3.63) is 29.8 Å². The Hall–Kier alpha value is -2.30. The molecule has 0 bridgehead atoms. The van der Waals surface area contributed by atoms with Crippen LogP contribution in [0.1, 0.15) is 31.7 Å². The molecule has 28 heavy (non-hydrogen) atoms. The van der Waals surface area contributed by atoms with Crippen molar-refractivity contribution in [2.24, 2.45) is 16.5 Å². The Morgan fingerprint density at radius 1 is 1.21 bits per heavy atom. The van der Waals surface area contributed by atoms with Gasteiger partial charge in [-0.3, -0.25) is 14.6 Å². The monoisotopic (exact) mass is 411 g/mol. The van der Waals surface area contributed by atoms with Crippen LogP contribution in [0.3, 0.4) is 0 Å². The van der Waals surface area contributed by atoms with Crippen LogP contribution in [0, 0.1) is 0 Å².